The fourth-order valence-corrected chi connectivity index (χ4v) is 3.71. The van der Waals surface area contributed by atoms with Gasteiger partial charge in [0.2, 0.25) is 0 Å². The molecule has 0 aromatic carbocycles. The quantitative estimate of drug-likeness (QED) is 0.124. The molecule has 0 saturated heterocycles. The molecule has 0 aliphatic carbocycles. The van der Waals surface area contributed by atoms with Crippen LogP contribution >= 0.6 is 0 Å². The fraction of sp³-hybridized carbons (Fsp3) is 0.962. The third-order valence-electron chi connectivity index (χ3n) is 5.69. The van der Waals surface area contributed by atoms with E-state index in [9.17, 15) is 4.79 Å². The number of unbranched alkanes of at least 4 members (excludes halogenated alkanes) is 19. The fourth-order valence-electron chi connectivity index (χ4n) is 3.71. The van der Waals surface area contributed by atoms with Crippen LogP contribution in [0.1, 0.15) is 149 Å². The van der Waals surface area contributed by atoms with E-state index in [1.165, 1.54) is 109 Å². The van der Waals surface area contributed by atoms with Crippen molar-refractivity contribution >= 4 is 6.16 Å². The van der Waals surface area contributed by atoms with E-state index in [0.29, 0.717) is 13.2 Å². The first-order valence-electron chi connectivity index (χ1n) is 13.1. The first-order valence-corrected chi connectivity index (χ1v) is 13.1. The van der Waals surface area contributed by atoms with Crippen molar-refractivity contribution in [1.82, 2.24) is 0 Å². The van der Waals surface area contributed by atoms with Crippen LogP contribution in [0.5, 0.6) is 0 Å². The second-order valence-corrected chi connectivity index (χ2v) is 8.66. The number of carbonyl (C=O) groups excluding carboxylic acids is 1. The molecule has 0 fully saturated rings. The van der Waals surface area contributed by atoms with E-state index in [4.69, 9.17) is 9.47 Å². The molecule has 0 atom stereocenters. The zero-order valence-electron chi connectivity index (χ0n) is 20.0. The van der Waals surface area contributed by atoms with E-state index in [1.54, 1.807) is 0 Å². The summed E-state index contributed by atoms with van der Waals surface area (Å²) >= 11 is 0. The van der Waals surface area contributed by atoms with Crippen molar-refractivity contribution in [2.45, 2.75) is 149 Å². The standard InChI is InChI=1S/C26H52O3/c1-3-5-7-9-11-12-13-14-15-16-17-19-21-23-25-29-26(27)28-24-22-20-18-10-8-6-4-2/h3-25H2,1-2H3. The smallest absolute Gasteiger partial charge is 0.434 e. The summed E-state index contributed by atoms with van der Waals surface area (Å²) in [6.45, 7) is 5.52. The highest BCUT2D eigenvalue weighted by Crippen LogP contribution is 2.13. The highest BCUT2D eigenvalue weighted by molar-refractivity contribution is 5.59. The van der Waals surface area contributed by atoms with Gasteiger partial charge in [0.05, 0.1) is 13.2 Å². The number of carbonyl (C=O) groups is 1. The van der Waals surface area contributed by atoms with Crippen LogP contribution in [0.2, 0.25) is 0 Å². The Balaban J connectivity index is 3.12. The van der Waals surface area contributed by atoms with Gasteiger partial charge in [0.25, 0.3) is 0 Å². The topological polar surface area (TPSA) is 35.5 Å². The Morgan fingerprint density at radius 1 is 0.414 bits per heavy atom. The van der Waals surface area contributed by atoms with Gasteiger partial charge in [-0.2, -0.15) is 0 Å². The van der Waals surface area contributed by atoms with Crippen LogP contribution in [0.3, 0.4) is 0 Å². The molecule has 0 aliphatic heterocycles. The van der Waals surface area contributed by atoms with Gasteiger partial charge in [0.1, 0.15) is 0 Å². The average Bonchev–Trinajstić information content (AvgIpc) is 2.72. The van der Waals surface area contributed by atoms with Crippen LogP contribution in [0.15, 0.2) is 0 Å². The van der Waals surface area contributed by atoms with Gasteiger partial charge < -0.3 is 9.47 Å². The highest BCUT2D eigenvalue weighted by atomic mass is 16.7. The molecule has 3 heteroatoms. The molecule has 0 heterocycles. The average molecular weight is 413 g/mol. The van der Waals surface area contributed by atoms with Gasteiger partial charge >= 0.3 is 6.16 Å². The van der Waals surface area contributed by atoms with Gasteiger partial charge in [0.15, 0.2) is 0 Å². The largest absolute Gasteiger partial charge is 0.508 e. The van der Waals surface area contributed by atoms with Crippen molar-refractivity contribution in [1.29, 1.82) is 0 Å². The maximum Gasteiger partial charge on any atom is 0.508 e. The summed E-state index contributed by atoms with van der Waals surface area (Å²) in [5.74, 6) is 0. The zero-order valence-corrected chi connectivity index (χ0v) is 20.0. The summed E-state index contributed by atoms with van der Waals surface area (Å²) < 4.78 is 10.3. The minimum absolute atomic E-state index is 0.481. The highest BCUT2D eigenvalue weighted by Gasteiger charge is 2.03. The molecule has 29 heavy (non-hydrogen) atoms. The maximum atomic E-state index is 11.5. The zero-order chi connectivity index (χ0) is 21.3. The second kappa shape index (κ2) is 25.3. The molecule has 0 aromatic rings. The number of hydrogen-bond donors (Lipinski definition) is 0. The summed E-state index contributed by atoms with van der Waals surface area (Å²) in [4.78, 5) is 11.5. The Labute approximate surface area is 182 Å². The molecule has 0 saturated carbocycles. The molecule has 0 bridgehead atoms. The van der Waals surface area contributed by atoms with E-state index in [0.717, 1.165) is 25.7 Å². The van der Waals surface area contributed by atoms with E-state index in [1.807, 2.05) is 0 Å². The lowest BCUT2D eigenvalue weighted by atomic mass is 10.0. The second-order valence-electron chi connectivity index (χ2n) is 8.66. The Morgan fingerprint density at radius 3 is 0.931 bits per heavy atom. The first kappa shape index (κ1) is 28.3. The van der Waals surface area contributed by atoms with Crippen LogP contribution in [-0.4, -0.2) is 19.4 Å². The molecule has 0 aliphatic rings. The monoisotopic (exact) mass is 412 g/mol. The maximum absolute atomic E-state index is 11.5. The molecule has 0 N–H and O–H groups in total. The molecule has 0 radical (unpaired) electrons. The van der Waals surface area contributed by atoms with E-state index < -0.39 is 6.16 Å². The van der Waals surface area contributed by atoms with E-state index in [-0.39, 0.29) is 0 Å². The van der Waals surface area contributed by atoms with Crippen molar-refractivity contribution < 1.29 is 14.3 Å². The molecule has 0 aromatic heterocycles. The minimum Gasteiger partial charge on any atom is -0.434 e. The number of rotatable bonds is 23. The third-order valence-corrected chi connectivity index (χ3v) is 5.69. The lowest BCUT2D eigenvalue weighted by Gasteiger charge is -2.06. The molecule has 0 rings (SSSR count). The summed E-state index contributed by atoms with van der Waals surface area (Å²) in [7, 11) is 0. The van der Waals surface area contributed by atoms with Gasteiger partial charge in [-0.05, 0) is 12.8 Å². The van der Waals surface area contributed by atoms with Gasteiger partial charge in [-0.15, -0.1) is 0 Å². The van der Waals surface area contributed by atoms with E-state index >= 15 is 0 Å². The molecular weight excluding hydrogens is 360 g/mol. The summed E-state index contributed by atoms with van der Waals surface area (Å²) in [5.41, 5.74) is 0. The summed E-state index contributed by atoms with van der Waals surface area (Å²) in [6, 6.07) is 0. The van der Waals surface area contributed by atoms with Crippen molar-refractivity contribution in [3.05, 3.63) is 0 Å². The Hall–Kier alpha value is -0.730. The first-order chi connectivity index (χ1) is 14.3. The van der Waals surface area contributed by atoms with Crippen LogP contribution in [0, 0.1) is 0 Å². The van der Waals surface area contributed by atoms with Gasteiger partial charge in [0, 0.05) is 0 Å². The number of hydrogen-bond acceptors (Lipinski definition) is 3. The molecule has 0 spiro atoms. The van der Waals surface area contributed by atoms with Crippen molar-refractivity contribution in [2.75, 3.05) is 13.2 Å². The lowest BCUT2D eigenvalue weighted by molar-refractivity contribution is 0.0529. The molecule has 0 amide bonds. The molecule has 0 unspecified atom stereocenters. The minimum atomic E-state index is -0.481. The third kappa shape index (κ3) is 25.2. The predicted molar refractivity (Wildman–Crippen MR) is 126 cm³/mol. The Kier molecular flexibility index (Phi) is 24.7. The SMILES string of the molecule is CCCCCCCCCCCCCCCCOC(=O)OCCCCCCCCC. The van der Waals surface area contributed by atoms with Crippen LogP contribution in [0.25, 0.3) is 0 Å². The van der Waals surface area contributed by atoms with Crippen LogP contribution in [0.4, 0.5) is 4.79 Å². The van der Waals surface area contributed by atoms with Crippen LogP contribution in [-0.2, 0) is 9.47 Å². The van der Waals surface area contributed by atoms with Gasteiger partial charge in [-0.3, -0.25) is 0 Å². The van der Waals surface area contributed by atoms with Crippen molar-refractivity contribution in [3.8, 4) is 0 Å². The molecular formula is C26H52O3. The van der Waals surface area contributed by atoms with Gasteiger partial charge in [-0.25, -0.2) is 4.79 Å². The Bertz CT molecular complexity index is 317. The summed E-state index contributed by atoms with van der Waals surface area (Å²) in [5, 5.41) is 0. The molecule has 3 nitrogen and oxygen atoms in total. The Morgan fingerprint density at radius 2 is 0.655 bits per heavy atom. The van der Waals surface area contributed by atoms with Crippen LogP contribution < -0.4 is 0 Å². The lowest BCUT2D eigenvalue weighted by Crippen LogP contribution is -2.09. The molecule has 174 valence electrons. The van der Waals surface area contributed by atoms with E-state index in [2.05, 4.69) is 13.8 Å². The van der Waals surface area contributed by atoms with Crippen molar-refractivity contribution in [2.24, 2.45) is 0 Å². The van der Waals surface area contributed by atoms with Gasteiger partial charge in [-0.1, -0.05) is 136 Å². The normalized spacial score (nSPS) is 11.0. The number of ether oxygens (including phenoxy) is 2. The predicted octanol–water partition coefficient (Wildman–Crippen LogP) is 9.37. The van der Waals surface area contributed by atoms with Crippen molar-refractivity contribution in [3.63, 3.8) is 0 Å². The summed E-state index contributed by atoms with van der Waals surface area (Å²) in [6.07, 6.45) is 26.9.